The second-order valence-corrected chi connectivity index (χ2v) is 5.89. The fraction of sp³-hybridized carbons (Fsp3) is 0.867. The Bertz CT molecular complexity index is 332. The van der Waals surface area contributed by atoms with Crippen LogP contribution in [0.2, 0.25) is 0 Å². The molecule has 0 aromatic carbocycles. The van der Waals surface area contributed by atoms with E-state index < -0.39 is 5.41 Å². The first-order valence-electron chi connectivity index (χ1n) is 7.64. The second kappa shape index (κ2) is 7.62. The zero-order valence-electron chi connectivity index (χ0n) is 12.9. The molecule has 5 nitrogen and oxygen atoms in total. The molecule has 1 unspecified atom stereocenters. The Kier molecular flexibility index (Phi) is 6.46. The molecule has 0 aromatic rings. The molecule has 1 rings (SSSR count). The molecule has 0 aliphatic heterocycles. The maximum Gasteiger partial charge on any atom is 0.308 e. The van der Waals surface area contributed by atoms with Gasteiger partial charge in [-0.1, -0.05) is 6.92 Å². The van der Waals surface area contributed by atoms with Crippen molar-refractivity contribution in [2.24, 2.45) is 17.1 Å². The summed E-state index contributed by atoms with van der Waals surface area (Å²) in [6.45, 7) is 6.48. The number of ether oxygens (including phenoxy) is 1. The van der Waals surface area contributed by atoms with Crippen molar-refractivity contribution in [1.82, 2.24) is 5.32 Å². The van der Waals surface area contributed by atoms with Crippen molar-refractivity contribution in [3.05, 3.63) is 0 Å². The predicted octanol–water partition coefficient (Wildman–Crippen LogP) is 1.60. The molecule has 116 valence electrons. The van der Waals surface area contributed by atoms with Gasteiger partial charge in [0.05, 0.1) is 17.9 Å². The number of carbonyl (C=O) groups is 2. The van der Waals surface area contributed by atoms with Gasteiger partial charge in [0.25, 0.3) is 0 Å². The minimum atomic E-state index is -0.488. The lowest BCUT2D eigenvalue weighted by Gasteiger charge is -2.32. The van der Waals surface area contributed by atoms with Crippen LogP contribution in [0.1, 0.15) is 52.9 Å². The van der Waals surface area contributed by atoms with Crippen LogP contribution in [0, 0.1) is 11.3 Å². The molecule has 1 fully saturated rings. The van der Waals surface area contributed by atoms with Crippen molar-refractivity contribution >= 4 is 11.9 Å². The van der Waals surface area contributed by atoms with Gasteiger partial charge >= 0.3 is 5.97 Å². The van der Waals surface area contributed by atoms with Crippen LogP contribution in [0.4, 0.5) is 0 Å². The summed E-state index contributed by atoms with van der Waals surface area (Å²) in [5.74, 6) is -0.0742. The van der Waals surface area contributed by atoms with Crippen LogP contribution in [-0.4, -0.2) is 31.1 Å². The Balaban J connectivity index is 2.43. The van der Waals surface area contributed by atoms with Crippen LogP contribution in [0.15, 0.2) is 0 Å². The van der Waals surface area contributed by atoms with E-state index in [1.807, 2.05) is 20.8 Å². The molecule has 0 bridgehead atoms. The van der Waals surface area contributed by atoms with E-state index in [4.69, 9.17) is 10.5 Å². The molecule has 20 heavy (non-hydrogen) atoms. The van der Waals surface area contributed by atoms with E-state index in [-0.39, 0.29) is 23.8 Å². The zero-order chi connectivity index (χ0) is 15.2. The summed E-state index contributed by atoms with van der Waals surface area (Å²) >= 11 is 0. The van der Waals surface area contributed by atoms with E-state index in [1.54, 1.807) is 0 Å². The summed E-state index contributed by atoms with van der Waals surface area (Å²) in [4.78, 5) is 23.9. The third-order valence-electron chi connectivity index (χ3n) is 4.46. The quantitative estimate of drug-likeness (QED) is 0.726. The molecule has 1 atom stereocenters. The fourth-order valence-corrected chi connectivity index (χ4v) is 2.49. The van der Waals surface area contributed by atoms with E-state index in [1.165, 1.54) is 0 Å². The first-order chi connectivity index (χ1) is 9.46. The van der Waals surface area contributed by atoms with Crippen LogP contribution in [-0.2, 0) is 14.3 Å². The highest BCUT2D eigenvalue weighted by atomic mass is 16.5. The van der Waals surface area contributed by atoms with Crippen LogP contribution >= 0.6 is 0 Å². The van der Waals surface area contributed by atoms with Gasteiger partial charge in [-0.15, -0.1) is 0 Å². The van der Waals surface area contributed by atoms with Crippen molar-refractivity contribution in [3.63, 3.8) is 0 Å². The molecule has 0 radical (unpaired) electrons. The minimum absolute atomic E-state index is 0.00447. The largest absolute Gasteiger partial charge is 0.466 e. The van der Waals surface area contributed by atoms with Gasteiger partial charge in [-0.2, -0.15) is 0 Å². The Morgan fingerprint density at radius 2 is 1.85 bits per heavy atom. The van der Waals surface area contributed by atoms with Crippen molar-refractivity contribution in [2.75, 3.05) is 13.2 Å². The van der Waals surface area contributed by atoms with Gasteiger partial charge < -0.3 is 15.8 Å². The Morgan fingerprint density at radius 1 is 1.25 bits per heavy atom. The Morgan fingerprint density at radius 3 is 2.30 bits per heavy atom. The monoisotopic (exact) mass is 284 g/mol. The molecule has 1 aliphatic carbocycles. The molecular weight excluding hydrogens is 256 g/mol. The van der Waals surface area contributed by atoms with E-state index in [2.05, 4.69) is 5.32 Å². The molecule has 1 amide bonds. The van der Waals surface area contributed by atoms with Crippen molar-refractivity contribution in [1.29, 1.82) is 0 Å². The number of amides is 1. The number of esters is 1. The maximum atomic E-state index is 12.2. The number of rotatable bonds is 6. The third-order valence-corrected chi connectivity index (χ3v) is 4.46. The predicted molar refractivity (Wildman–Crippen MR) is 78.0 cm³/mol. The standard InChI is InChI=1S/C15H28N2O3/c1-4-15(3,10-16)14(19)17-12-8-6-11(7-9-12)13(18)20-5-2/h11-12H,4-10,16H2,1-3H3,(H,17,19). The SMILES string of the molecule is CCOC(=O)C1CCC(NC(=O)C(C)(CC)CN)CC1. The summed E-state index contributed by atoms with van der Waals surface area (Å²) in [6, 6.07) is 0.158. The normalized spacial score (nSPS) is 25.6. The summed E-state index contributed by atoms with van der Waals surface area (Å²) in [7, 11) is 0. The average molecular weight is 284 g/mol. The molecule has 0 spiro atoms. The van der Waals surface area contributed by atoms with Gasteiger partial charge in [0.1, 0.15) is 0 Å². The minimum Gasteiger partial charge on any atom is -0.466 e. The first-order valence-corrected chi connectivity index (χ1v) is 7.64. The van der Waals surface area contributed by atoms with Crippen LogP contribution in [0.5, 0.6) is 0 Å². The number of nitrogens with one attached hydrogen (secondary N) is 1. The van der Waals surface area contributed by atoms with Gasteiger partial charge in [-0.3, -0.25) is 9.59 Å². The highest BCUT2D eigenvalue weighted by Gasteiger charge is 2.33. The number of hydrogen-bond acceptors (Lipinski definition) is 4. The average Bonchev–Trinajstić information content (AvgIpc) is 2.47. The molecule has 3 N–H and O–H groups in total. The lowest BCUT2D eigenvalue weighted by Crippen LogP contribution is -2.48. The highest BCUT2D eigenvalue weighted by Crippen LogP contribution is 2.27. The fourth-order valence-electron chi connectivity index (χ4n) is 2.49. The molecule has 1 saturated carbocycles. The molecule has 0 saturated heterocycles. The Hall–Kier alpha value is -1.10. The van der Waals surface area contributed by atoms with Gasteiger partial charge in [0.15, 0.2) is 0 Å². The zero-order valence-corrected chi connectivity index (χ0v) is 12.9. The van der Waals surface area contributed by atoms with Crippen LogP contribution in [0.3, 0.4) is 0 Å². The van der Waals surface area contributed by atoms with Crippen molar-refractivity contribution in [2.45, 2.75) is 58.9 Å². The molecular formula is C15H28N2O3. The van der Waals surface area contributed by atoms with Gasteiger partial charge in [-0.25, -0.2) is 0 Å². The number of carbonyl (C=O) groups excluding carboxylic acids is 2. The summed E-state index contributed by atoms with van der Waals surface area (Å²) in [5.41, 5.74) is 5.21. The number of hydrogen-bond donors (Lipinski definition) is 2. The topological polar surface area (TPSA) is 81.4 Å². The van der Waals surface area contributed by atoms with E-state index in [0.717, 1.165) is 32.1 Å². The summed E-state index contributed by atoms with van der Waals surface area (Å²) in [5, 5.41) is 3.08. The molecule has 0 heterocycles. The second-order valence-electron chi connectivity index (χ2n) is 5.89. The van der Waals surface area contributed by atoms with Crippen LogP contribution < -0.4 is 11.1 Å². The Labute approximate surface area is 121 Å². The van der Waals surface area contributed by atoms with Crippen molar-refractivity contribution < 1.29 is 14.3 Å². The van der Waals surface area contributed by atoms with Gasteiger partial charge in [0, 0.05) is 12.6 Å². The molecule has 1 aliphatic rings. The third kappa shape index (κ3) is 4.20. The molecule has 5 heteroatoms. The maximum absolute atomic E-state index is 12.2. The highest BCUT2D eigenvalue weighted by molar-refractivity contribution is 5.82. The smallest absolute Gasteiger partial charge is 0.308 e. The van der Waals surface area contributed by atoms with Gasteiger partial charge in [0.2, 0.25) is 5.91 Å². The van der Waals surface area contributed by atoms with E-state index in [9.17, 15) is 9.59 Å². The van der Waals surface area contributed by atoms with E-state index >= 15 is 0 Å². The van der Waals surface area contributed by atoms with Crippen molar-refractivity contribution in [3.8, 4) is 0 Å². The van der Waals surface area contributed by atoms with Gasteiger partial charge in [-0.05, 0) is 46.0 Å². The lowest BCUT2D eigenvalue weighted by atomic mass is 9.83. The summed E-state index contributed by atoms with van der Waals surface area (Å²) < 4.78 is 5.04. The number of nitrogens with two attached hydrogens (primary N) is 1. The van der Waals surface area contributed by atoms with Crippen LogP contribution in [0.25, 0.3) is 0 Å². The molecule has 0 aromatic heterocycles. The lowest BCUT2D eigenvalue weighted by molar-refractivity contribution is -0.149. The van der Waals surface area contributed by atoms with E-state index in [0.29, 0.717) is 13.2 Å². The summed E-state index contributed by atoms with van der Waals surface area (Å²) in [6.07, 6.45) is 3.97. The first kappa shape index (κ1) is 17.0.